The molecule has 0 saturated carbocycles. The number of rotatable bonds is 2. The van der Waals surface area contributed by atoms with Gasteiger partial charge >= 0.3 is 0 Å². The van der Waals surface area contributed by atoms with Crippen LogP contribution >= 0.6 is 0 Å². The predicted octanol–water partition coefficient (Wildman–Crippen LogP) is 0.531. The van der Waals surface area contributed by atoms with E-state index in [1.165, 1.54) is 12.9 Å². The van der Waals surface area contributed by atoms with Gasteiger partial charge in [-0.05, 0) is 6.92 Å². The Morgan fingerprint density at radius 3 is 2.57 bits per heavy atom. The van der Waals surface area contributed by atoms with Crippen LogP contribution in [0.15, 0.2) is 10.7 Å². The molecule has 3 heteroatoms. The normalized spacial score (nSPS) is 7.00. The minimum absolute atomic E-state index is 0.0382. The molecule has 0 saturated heterocycles. The molecule has 3 nitrogen and oxygen atoms in total. The fraction of sp³-hybridized carbons (Fsp3) is 0.500. The van der Waals surface area contributed by atoms with E-state index in [-0.39, 0.29) is 6.54 Å². The lowest BCUT2D eigenvalue weighted by Gasteiger charge is -1.75. The molecule has 0 fully saturated rings. The first kappa shape index (κ1) is 6.05. The van der Waals surface area contributed by atoms with E-state index in [2.05, 4.69) is 5.18 Å². The Balaban J connectivity index is 3.58. The van der Waals surface area contributed by atoms with Gasteiger partial charge in [-0.1, -0.05) is 5.18 Å². The smallest absolute Gasteiger partial charge is 0.125 e. The first-order valence-electron chi connectivity index (χ1n) is 1.81. The summed E-state index contributed by atoms with van der Waals surface area (Å²) < 4.78 is 0. The molecular weight excluding hydrogens is 94.0 g/mol. The second-order valence-electron chi connectivity index (χ2n) is 1.17. The third-order valence-corrected chi connectivity index (χ3v) is 0.476. The Bertz CT molecular complexity index is 113. The zero-order valence-corrected chi connectivity index (χ0v) is 3.97. The van der Waals surface area contributed by atoms with E-state index >= 15 is 0 Å². The number of carbonyl (C=O) groups excluding carboxylic acids is 1. The quantitative estimate of drug-likeness (QED) is 0.374. The minimum atomic E-state index is -0.0382. The lowest BCUT2D eigenvalue weighted by Crippen LogP contribution is -1.78. The summed E-state index contributed by atoms with van der Waals surface area (Å²) in [5.74, 6) is 1.54. The van der Waals surface area contributed by atoms with E-state index in [0.717, 1.165) is 0 Å². The molecule has 38 valence electrons. The van der Waals surface area contributed by atoms with Crippen molar-refractivity contribution in [3.8, 4) is 0 Å². The monoisotopic (exact) mass is 99.0 g/mol. The molecule has 0 N–H and O–H groups in total. The van der Waals surface area contributed by atoms with Gasteiger partial charge in [0.1, 0.15) is 12.5 Å². The zero-order valence-electron chi connectivity index (χ0n) is 3.97. The maximum absolute atomic E-state index is 9.53. The molecule has 0 bridgehead atoms. The third-order valence-electron chi connectivity index (χ3n) is 0.476. The fourth-order valence-corrected chi connectivity index (χ4v) is 0.129. The Hall–Kier alpha value is -0.950. The highest BCUT2D eigenvalue weighted by atomic mass is 16.3. The highest BCUT2D eigenvalue weighted by molar-refractivity contribution is 5.51. The van der Waals surface area contributed by atoms with Crippen LogP contribution in [-0.4, -0.2) is 12.5 Å². The zero-order chi connectivity index (χ0) is 5.70. The van der Waals surface area contributed by atoms with E-state index in [1.807, 2.05) is 0 Å². The molecule has 0 aromatic rings. The van der Waals surface area contributed by atoms with Crippen LogP contribution in [-0.2, 0) is 4.79 Å². The molecule has 0 radical (unpaired) electrons. The maximum atomic E-state index is 9.53. The van der Waals surface area contributed by atoms with Gasteiger partial charge in [0, 0.05) is 5.57 Å². The largest absolute Gasteiger partial charge is 0.233 e. The first-order chi connectivity index (χ1) is 3.31. The molecule has 0 rings (SSSR count). The van der Waals surface area contributed by atoms with Gasteiger partial charge in [0.25, 0.3) is 0 Å². The van der Waals surface area contributed by atoms with E-state index in [1.54, 1.807) is 0 Å². The molecule has 0 aliphatic carbocycles. The van der Waals surface area contributed by atoms with Gasteiger partial charge in [0.2, 0.25) is 0 Å². The molecule has 7 heavy (non-hydrogen) atoms. The van der Waals surface area contributed by atoms with Gasteiger partial charge in [-0.2, -0.15) is 4.91 Å². The van der Waals surface area contributed by atoms with Crippen molar-refractivity contribution in [1.29, 1.82) is 0 Å². The Labute approximate surface area is 41.0 Å². The van der Waals surface area contributed by atoms with Gasteiger partial charge in [0.15, 0.2) is 0 Å². The van der Waals surface area contributed by atoms with Crippen molar-refractivity contribution >= 4 is 5.94 Å². The number of hydrogen-bond acceptors (Lipinski definition) is 3. The molecule has 0 aromatic carbocycles. The summed E-state index contributed by atoms with van der Waals surface area (Å²) >= 11 is 0. The average molecular weight is 99.1 g/mol. The standard InChI is InChI=1S/C4H5NO2/c1-4(3-6)2-5-7/h2H2,1H3. The minimum Gasteiger partial charge on any atom is -0.233 e. The maximum Gasteiger partial charge on any atom is 0.125 e. The van der Waals surface area contributed by atoms with Crippen molar-refractivity contribution in [3.05, 3.63) is 10.5 Å². The summed E-state index contributed by atoms with van der Waals surface area (Å²) in [6.45, 7) is 1.47. The molecule has 0 unspecified atom stereocenters. The Morgan fingerprint density at radius 1 is 1.86 bits per heavy atom. The molecular formula is C4H5NO2. The van der Waals surface area contributed by atoms with Crippen molar-refractivity contribution in [2.45, 2.75) is 6.92 Å². The lowest BCUT2D eigenvalue weighted by molar-refractivity contribution is 0.566. The Kier molecular flexibility index (Phi) is 2.81. The lowest BCUT2D eigenvalue weighted by atomic mass is 10.4. The van der Waals surface area contributed by atoms with Crippen LogP contribution in [0.4, 0.5) is 0 Å². The van der Waals surface area contributed by atoms with E-state index in [0.29, 0.717) is 5.57 Å². The average Bonchev–Trinajstić information content (AvgIpc) is 1.68. The highest BCUT2D eigenvalue weighted by Crippen LogP contribution is 1.81. The van der Waals surface area contributed by atoms with Gasteiger partial charge in [-0.3, -0.25) is 0 Å². The van der Waals surface area contributed by atoms with Gasteiger partial charge in [-0.25, -0.2) is 4.79 Å². The third kappa shape index (κ3) is 2.86. The molecule has 0 aliphatic heterocycles. The fourth-order valence-electron chi connectivity index (χ4n) is 0.129. The van der Waals surface area contributed by atoms with Crippen molar-refractivity contribution in [1.82, 2.24) is 0 Å². The predicted molar refractivity (Wildman–Crippen MR) is 25.5 cm³/mol. The SMILES string of the molecule is CC(=C=O)CN=O. The second-order valence-corrected chi connectivity index (χ2v) is 1.17. The van der Waals surface area contributed by atoms with Crippen molar-refractivity contribution < 1.29 is 4.79 Å². The van der Waals surface area contributed by atoms with Crippen LogP contribution in [0, 0.1) is 4.91 Å². The van der Waals surface area contributed by atoms with Crippen LogP contribution in [0.1, 0.15) is 6.92 Å². The number of nitrogens with zero attached hydrogens (tertiary/aromatic N) is 1. The highest BCUT2D eigenvalue weighted by Gasteiger charge is 1.83. The van der Waals surface area contributed by atoms with Crippen molar-refractivity contribution in [3.63, 3.8) is 0 Å². The molecule has 0 atom stereocenters. The van der Waals surface area contributed by atoms with E-state index in [4.69, 9.17) is 0 Å². The summed E-state index contributed by atoms with van der Waals surface area (Å²) in [5.41, 5.74) is 0.343. The second kappa shape index (κ2) is 3.25. The molecule has 0 aliphatic rings. The summed E-state index contributed by atoms with van der Waals surface area (Å²) in [5, 5.41) is 2.46. The topological polar surface area (TPSA) is 46.5 Å². The molecule has 0 aromatic heterocycles. The van der Waals surface area contributed by atoms with Gasteiger partial charge in [-0.15, -0.1) is 0 Å². The summed E-state index contributed by atoms with van der Waals surface area (Å²) in [6, 6.07) is 0. The van der Waals surface area contributed by atoms with E-state index in [9.17, 15) is 9.70 Å². The van der Waals surface area contributed by atoms with Crippen LogP contribution < -0.4 is 0 Å². The number of hydrogen-bond donors (Lipinski definition) is 0. The van der Waals surface area contributed by atoms with Crippen molar-refractivity contribution in [2.75, 3.05) is 6.54 Å². The first-order valence-corrected chi connectivity index (χ1v) is 1.81. The van der Waals surface area contributed by atoms with Crippen LogP contribution in [0.5, 0.6) is 0 Å². The molecule has 0 amide bonds. The van der Waals surface area contributed by atoms with Gasteiger partial charge in [0.05, 0.1) is 0 Å². The van der Waals surface area contributed by atoms with Gasteiger partial charge < -0.3 is 0 Å². The van der Waals surface area contributed by atoms with E-state index < -0.39 is 0 Å². The van der Waals surface area contributed by atoms with Crippen molar-refractivity contribution in [2.24, 2.45) is 5.18 Å². The Morgan fingerprint density at radius 2 is 2.43 bits per heavy atom. The molecule has 0 heterocycles. The summed E-state index contributed by atoms with van der Waals surface area (Å²) in [6.07, 6.45) is 0. The molecule has 0 spiro atoms. The van der Waals surface area contributed by atoms with Crippen LogP contribution in [0.2, 0.25) is 0 Å². The number of nitroso groups, excluding NO2 is 1. The van der Waals surface area contributed by atoms with Crippen LogP contribution in [0.25, 0.3) is 0 Å². The van der Waals surface area contributed by atoms with Crippen LogP contribution in [0.3, 0.4) is 0 Å². The summed E-state index contributed by atoms with van der Waals surface area (Å²) in [7, 11) is 0. The summed E-state index contributed by atoms with van der Waals surface area (Å²) in [4.78, 5) is 18.9.